The molecule has 0 fully saturated rings. The van der Waals surface area contributed by atoms with Gasteiger partial charge < -0.3 is 15.4 Å². The monoisotopic (exact) mass is 327 g/mol. The van der Waals surface area contributed by atoms with Crippen molar-refractivity contribution in [2.45, 2.75) is 26.2 Å². The van der Waals surface area contributed by atoms with E-state index in [4.69, 9.17) is 4.74 Å². The van der Waals surface area contributed by atoms with Gasteiger partial charge in [0.05, 0.1) is 12.7 Å². The SMILES string of the molecule is CCCCNc1ccc(C(=O)NCCc2ccccc2OC)cn1. The molecule has 0 aliphatic carbocycles. The number of hydrogen-bond acceptors (Lipinski definition) is 4. The summed E-state index contributed by atoms with van der Waals surface area (Å²) in [7, 11) is 1.65. The molecule has 0 unspecified atom stereocenters. The molecule has 2 N–H and O–H groups in total. The zero-order valence-corrected chi connectivity index (χ0v) is 14.3. The minimum atomic E-state index is -0.113. The Hall–Kier alpha value is -2.56. The number of pyridine rings is 1. The number of rotatable bonds is 9. The molecule has 128 valence electrons. The van der Waals surface area contributed by atoms with E-state index in [2.05, 4.69) is 22.5 Å². The molecule has 0 aliphatic heterocycles. The highest BCUT2D eigenvalue weighted by atomic mass is 16.5. The molecule has 2 rings (SSSR count). The third-order valence-corrected chi connectivity index (χ3v) is 3.73. The van der Waals surface area contributed by atoms with Gasteiger partial charge in [0.25, 0.3) is 5.91 Å². The maximum Gasteiger partial charge on any atom is 0.252 e. The topological polar surface area (TPSA) is 63.2 Å². The summed E-state index contributed by atoms with van der Waals surface area (Å²) in [6.07, 6.45) is 4.57. The summed E-state index contributed by atoms with van der Waals surface area (Å²) >= 11 is 0. The zero-order valence-electron chi connectivity index (χ0n) is 14.3. The first-order valence-electron chi connectivity index (χ1n) is 8.34. The van der Waals surface area contributed by atoms with E-state index in [0.717, 1.165) is 42.9 Å². The van der Waals surface area contributed by atoms with Gasteiger partial charge in [0.1, 0.15) is 11.6 Å². The van der Waals surface area contributed by atoms with Crippen LogP contribution in [0.25, 0.3) is 0 Å². The molecule has 2 aromatic rings. The molecule has 1 amide bonds. The van der Waals surface area contributed by atoms with Crippen molar-refractivity contribution in [2.75, 3.05) is 25.5 Å². The van der Waals surface area contributed by atoms with Crippen LogP contribution in [0.15, 0.2) is 42.6 Å². The maximum atomic E-state index is 12.2. The number of unbranched alkanes of at least 4 members (excludes halogenated alkanes) is 1. The average molecular weight is 327 g/mol. The lowest BCUT2D eigenvalue weighted by molar-refractivity contribution is 0.0953. The Kier molecular flexibility index (Phi) is 7.08. The van der Waals surface area contributed by atoms with Crippen LogP contribution in [0.5, 0.6) is 5.75 Å². The number of aromatic nitrogens is 1. The molecule has 0 atom stereocenters. The molecule has 0 saturated carbocycles. The van der Waals surface area contributed by atoms with Crippen LogP contribution < -0.4 is 15.4 Å². The highest BCUT2D eigenvalue weighted by Crippen LogP contribution is 2.17. The summed E-state index contributed by atoms with van der Waals surface area (Å²) in [5, 5.41) is 6.15. The van der Waals surface area contributed by atoms with Gasteiger partial charge in [-0.3, -0.25) is 4.79 Å². The van der Waals surface area contributed by atoms with Crippen LogP contribution in [-0.4, -0.2) is 31.1 Å². The van der Waals surface area contributed by atoms with E-state index < -0.39 is 0 Å². The number of nitrogens with zero attached hydrogens (tertiary/aromatic N) is 1. The highest BCUT2D eigenvalue weighted by molar-refractivity contribution is 5.94. The number of ether oxygens (including phenoxy) is 1. The van der Waals surface area contributed by atoms with E-state index in [-0.39, 0.29) is 5.91 Å². The standard InChI is InChI=1S/C19H25N3O2/c1-3-4-12-20-18-10-9-16(14-22-18)19(23)21-13-11-15-7-5-6-8-17(15)24-2/h5-10,14H,3-4,11-13H2,1-2H3,(H,20,22)(H,21,23). The molecule has 5 heteroatoms. The van der Waals surface area contributed by atoms with E-state index >= 15 is 0 Å². The second-order valence-corrected chi connectivity index (χ2v) is 5.53. The number of carbonyl (C=O) groups excluding carboxylic acids is 1. The molecule has 0 radical (unpaired) electrons. The number of para-hydroxylation sites is 1. The first-order chi connectivity index (χ1) is 11.7. The maximum absolute atomic E-state index is 12.2. The Morgan fingerprint density at radius 2 is 2.00 bits per heavy atom. The Morgan fingerprint density at radius 3 is 2.71 bits per heavy atom. The molecule has 0 spiro atoms. The molecule has 0 bridgehead atoms. The molecular formula is C19H25N3O2. The third kappa shape index (κ3) is 5.26. The molecule has 24 heavy (non-hydrogen) atoms. The second kappa shape index (κ2) is 9.55. The van der Waals surface area contributed by atoms with Gasteiger partial charge in [-0.15, -0.1) is 0 Å². The first kappa shape index (κ1) is 17.8. The highest BCUT2D eigenvalue weighted by Gasteiger charge is 2.07. The Labute approximate surface area is 143 Å². The number of amides is 1. The second-order valence-electron chi connectivity index (χ2n) is 5.53. The number of methoxy groups -OCH3 is 1. The molecule has 1 aromatic heterocycles. The van der Waals surface area contributed by atoms with Gasteiger partial charge in [0.15, 0.2) is 0 Å². The van der Waals surface area contributed by atoms with Gasteiger partial charge in [-0.05, 0) is 36.6 Å². The van der Waals surface area contributed by atoms with Crippen molar-refractivity contribution < 1.29 is 9.53 Å². The van der Waals surface area contributed by atoms with Crippen molar-refractivity contribution in [3.05, 3.63) is 53.7 Å². The normalized spacial score (nSPS) is 10.2. The van der Waals surface area contributed by atoms with Crippen molar-refractivity contribution >= 4 is 11.7 Å². The Bertz CT molecular complexity index is 641. The molecule has 0 saturated heterocycles. The summed E-state index contributed by atoms with van der Waals surface area (Å²) in [4.78, 5) is 16.4. The van der Waals surface area contributed by atoms with E-state index in [1.807, 2.05) is 30.3 Å². The fourth-order valence-electron chi connectivity index (χ4n) is 2.35. The lowest BCUT2D eigenvalue weighted by Gasteiger charge is -2.09. The van der Waals surface area contributed by atoms with Crippen molar-refractivity contribution in [3.8, 4) is 5.75 Å². The summed E-state index contributed by atoms with van der Waals surface area (Å²) in [6, 6.07) is 11.5. The summed E-state index contributed by atoms with van der Waals surface area (Å²) in [5.74, 6) is 1.53. The van der Waals surface area contributed by atoms with E-state index in [0.29, 0.717) is 12.1 Å². The zero-order chi connectivity index (χ0) is 17.2. The number of nitrogens with one attached hydrogen (secondary N) is 2. The first-order valence-corrected chi connectivity index (χ1v) is 8.34. The van der Waals surface area contributed by atoms with Crippen LogP contribution in [0.3, 0.4) is 0 Å². The van der Waals surface area contributed by atoms with Crippen molar-refractivity contribution in [1.29, 1.82) is 0 Å². The smallest absolute Gasteiger partial charge is 0.252 e. The minimum absolute atomic E-state index is 0.113. The lowest BCUT2D eigenvalue weighted by Crippen LogP contribution is -2.26. The average Bonchev–Trinajstić information content (AvgIpc) is 2.63. The minimum Gasteiger partial charge on any atom is -0.496 e. The van der Waals surface area contributed by atoms with Gasteiger partial charge in [-0.1, -0.05) is 31.5 Å². The van der Waals surface area contributed by atoms with E-state index in [1.54, 1.807) is 19.4 Å². The number of carbonyl (C=O) groups is 1. The van der Waals surface area contributed by atoms with Crippen LogP contribution in [0, 0.1) is 0 Å². The predicted octanol–water partition coefficient (Wildman–Crippen LogP) is 3.27. The van der Waals surface area contributed by atoms with E-state index in [1.165, 1.54) is 0 Å². The van der Waals surface area contributed by atoms with Crippen molar-refractivity contribution in [2.24, 2.45) is 0 Å². The molecule has 1 aromatic carbocycles. The van der Waals surface area contributed by atoms with Crippen LogP contribution in [-0.2, 0) is 6.42 Å². The van der Waals surface area contributed by atoms with Crippen molar-refractivity contribution in [3.63, 3.8) is 0 Å². The molecular weight excluding hydrogens is 302 g/mol. The van der Waals surface area contributed by atoms with Gasteiger partial charge >= 0.3 is 0 Å². The molecule has 0 aliphatic rings. The number of hydrogen-bond donors (Lipinski definition) is 2. The Morgan fingerprint density at radius 1 is 1.17 bits per heavy atom. The van der Waals surface area contributed by atoms with Crippen molar-refractivity contribution in [1.82, 2.24) is 10.3 Å². The molecule has 1 heterocycles. The van der Waals surface area contributed by atoms with Gasteiger partial charge in [0.2, 0.25) is 0 Å². The van der Waals surface area contributed by atoms with Crippen LogP contribution in [0.1, 0.15) is 35.7 Å². The predicted molar refractivity (Wildman–Crippen MR) is 96.7 cm³/mol. The lowest BCUT2D eigenvalue weighted by atomic mass is 10.1. The van der Waals surface area contributed by atoms with Crippen LogP contribution in [0.4, 0.5) is 5.82 Å². The number of benzene rings is 1. The van der Waals surface area contributed by atoms with Gasteiger partial charge in [0, 0.05) is 19.3 Å². The summed E-state index contributed by atoms with van der Waals surface area (Å²) < 4.78 is 5.31. The molecule has 5 nitrogen and oxygen atoms in total. The fourth-order valence-corrected chi connectivity index (χ4v) is 2.35. The quantitative estimate of drug-likeness (QED) is 0.694. The van der Waals surface area contributed by atoms with Crippen LogP contribution in [0.2, 0.25) is 0 Å². The Balaban J connectivity index is 1.82. The fraction of sp³-hybridized carbons (Fsp3) is 0.368. The number of anilines is 1. The van der Waals surface area contributed by atoms with E-state index in [9.17, 15) is 4.79 Å². The third-order valence-electron chi connectivity index (χ3n) is 3.73. The van der Waals surface area contributed by atoms with Crippen LogP contribution >= 0.6 is 0 Å². The summed E-state index contributed by atoms with van der Waals surface area (Å²) in [5.41, 5.74) is 1.64. The largest absolute Gasteiger partial charge is 0.496 e. The van der Waals surface area contributed by atoms with Gasteiger partial charge in [-0.2, -0.15) is 0 Å². The van der Waals surface area contributed by atoms with Gasteiger partial charge in [-0.25, -0.2) is 4.98 Å². The summed E-state index contributed by atoms with van der Waals surface area (Å²) in [6.45, 7) is 3.59.